The number of ketones is 1. The fraction of sp³-hybridized carbons (Fsp3) is 0.222. The van der Waals surface area contributed by atoms with Gasteiger partial charge in [0.25, 0.3) is 0 Å². The molecule has 0 aliphatic carbocycles. The van der Waals surface area contributed by atoms with Crippen molar-refractivity contribution in [3.05, 3.63) is 65.5 Å². The number of oxazole rings is 1. The summed E-state index contributed by atoms with van der Waals surface area (Å²) in [5.74, 6) is 0.159. The molecule has 2 heterocycles. The standard InChI is InChI=1S/C18H15F3N4O4/c1-11(26)14-6-7-25(24-14)8-16-22-15(10-28-16)23-17(27)29-9-12-2-4-13(5-3-12)18(19,20)21/h2-7,10H,8-9H2,1H3,(H,23,27). The highest BCUT2D eigenvalue weighted by atomic mass is 19.4. The van der Waals surface area contributed by atoms with E-state index in [9.17, 15) is 22.8 Å². The SMILES string of the molecule is CC(=O)c1ccn(Cc2nc(NC(=O)OCc3ccc(C(F)(F)F)cc3)co2)n1. The number of nitrogens with zero attached hydrogens (tertiary/aromatic N) is 3. The number of carbonyl (C=O) groups is 2. The average Bonchev–Trinajstić information content (AvgIpc) is 3.30. The van der Waals surface area contributed by atoms with Crippen LogP contribution in [0.1, 0.15) is 34.4 Å². The number of anilines is 1. The summed E-state index contributed by atoms with van der Waals surface area (Å²) >= 11 is 0. The summed E-state index contributed by atoms with van der Waals surface area (Å²) in [6, 6.07) is 5.83. The third kappa shape index (κ3) is 5.43. The molecule has 8 nitrogen and oxygen atoms in total. The Morgan fingerprint density at radius 2 is 1.93 bits per heavy atom. The molecule has 0 saturated heterocycles. The number of carbonyl (C=O) groups excluding carboxylic acids is 2. The van der Waals surface area contributed by atoms with Gasteiger partial charge in [0, 0.05) is 13.1 Å². The van der Waals surface area contributed by atoms with Gasteiger partial charge in [0.15, 0.2) is 11.6 Å². The first-order chi connectivity index (χ1) is 13.7. The largest absolute Gasteiger partial charge is 0.445 e. The molecule has 0 aliphatic heterocycles. The smallest absolute Gasteiger partial charge is 0.416 e. The van der Waals surface area contributed by atoms with Gasteiger partial charge in [-0.3, -0.25) is 14.8 Å². The number of hydrogen-bond acceptors (Lipinski definition) is 6. The molecule has 0 unspecified atom stereocenters. The Hall–Kier alpha value is -3.63. The lowest BCUT2D eigenvalue weighted by Crippen LogP contribution is -2.14. The molecule has 0 spiro atoms. The van der Waals surface area contributed by atoms with E-state index in [1.807, 2.05) is 0 Å². The van der Waals surface area contributed by atoms with E-state index in [4.69, 9.17) is 9.15 Å². The van der Waals surface area contributed by atoms with Gasteiger partial charge in [-0.25, -0.2) is 4.79 Å². The second kappa shape index (κ2) is 8.17. The molecule has 152 valence electrons. The predicted molar refractivity (Wildman–Crippen MR) is 93.1 cm³/mol. The quantitative estimate of drug-likeness (QED) is 0.622. The first-order valence-corrected chi connectivity index (χ1v) is 8.29. The van der Waals surface area contributed by atoms with Crippen LogP contribution in [-0.4, -0.2) is 26.6 Å². The van der Waals surface area contributed by atoms with Crippen molar-refractivity contribution < 1.29 is 31.9 Å². The van der Waals surface area contributed by atoms with Crippen molar-refractivity contribution in [2.75, 3.05) is 5.32 Å². The van der Waals surface area contributed by atoms with Gasteiger partial charge in [0.05, 0.1) is 5.56 Å². The van der Waals surface area contributed by atoms with Crippen molar-refractivity contribution in [2.24, 2.45) is 0 Å². The van der Waals surface area contributed by atoms with Gasteiger partial charge in [-0.15, -0.1) is 0 Å². The molecule has 2 aromatic heterocycles. The molecule has 0 bridgehead atoms. The number of halogens is 3. The summed E-state index contributed by atoms with van der Waals surface area (Å²) in [7, 11) is 0. The Morgan fingerprint density at radius 1 is 1.21 bits per heavy atom. The number of amides is 1. The van der Waals surface area contributed by atoms with Crippen LogP contribution in [0.4, 0.5) is 23.8 Å². The molecular formula is C18H15F3N4O4. The maximum absolute atomic E-state index is 12.5. The number of ether oxygens (including phenoxy) is 1. The highest BCUT2D eigenvalue weighted by Gasteiger charge is 2.29. The topological polar surface area (TPSA) is 99.2 Å². The zero-order valence-electron chi connectivity index (χ0n) is 15.1. The molecule has 0 aliphatic rings. The second-order valence-corrected chi connectivity index (χ2v) is 5.98. The normalized spacial score (nSPS) is 11.3. The summed E-state index contributed by atoms with van der Waals surface area (Å²) in [5, 5.41) is 6.39. The van der Waals surface area contributed by atoms with E-state index >= 15 is 0 Å². The molecule has 1 N–H and O–H groups in total. The lowest BCUT2D eigenvalue weighted by molar-refractivity contribution is -0.137. The Morgan fingerprint density at radius 3 is 2.55 bits per heavy atom. The van der Waals surface area contributed by atoms with Crippen LogP contribution in [0.15, 0.2) is 47.2 Å². The zero-order chi connectivity index (χ0) is 21.0. The van der Waals surface area contributed by atoms with Crippen LogP contribution in [-0.2, 0) is 24.1 Å². The number of rotatable bonds is 6. The van der Waals surface area contributed by atoms with E-state index in [0.717, 1.165) is 12.1 Å². The van der Waals surface area contributed by atoms with E-state index in [1.165, 1.54) is 30.0 Å². The minimum atomic E-state index is -4.43. The molecular weight excluding hydrogens is 393 g/mol. The third-order valence-electron chi connectivity index (χ3n) is 3.73. The first-order valence-electron chi connectivity index (χ1n) is 8.29. The fourth-order valence-corrected chi connectivity index (χ4v) is 2.30. The van der Waals surface area contributed by atoms with Crippen molar-refractivity contribution in [3.8, 4) is 0 Å². The minimum Gasteiger partial charge on any atom is -0.445 e. The van der Waals surface area contributed by atoms with E-state index in [-0.39, 0.29) is 30.6 Å². The maximum atomic E-state index is 12.5. The molecule has 3 aromatic rings. The van der Waals surface area contributed by atoms with Crippen LogP contribution < -0.4 is 5.32 Å². The molecule has 11 heteroatoms. The Kier molecular flexibility index (Phi) is 5.66. The lowest BCUT2D eigenvalue weighted by atomic mass is 10.1. The van der Waals surface area contributed by atoms with Gasteiger partial charge < -0.3 is 9.15 Å². The summed E-state index contributed by atoms with van der Waals surface area (Å²) in [6.45, 7) is 1.33. The van der Waals surface area contributed by atoms with Crippen LogP contribution in [0.3, 0.4) is 0 Å². The van der Waals surface area contributed by atoms with Crippen LogP contribution in [0, 0.1) is 0 Å². The zero-order valence-corrected chi connectivity index (χ0v) is 15.1. The molecule has 0 fully saturated rings. The summed E-state index contributed by atoms with van der Waals surface area (Å²) < 4.78 is 49.2. The number of benzene rings is 1. The monoisotopic (exact) mass is 408 g/mol. The van der Waals surface area contributed by atoms with Crippen molar-refractivity contribution in [3.63, 3.8) is 0 Å². The maximum Gasteiger partial charge on any atom is 0.416 e. The van der Waals surface area contributed by atoms with E-state index in [2.05, 4.69) is 15.4 Å². The molecule has 0 atom stereocenters. The summed E-state index contributed by atoms with van der Waals surface area (Å²) in [6.07, 6.45) is -2.48. The van der Waals surface area contributed by atoms with Gasteiger partial charge >= 0.3 is 12.3 Å². The summed E-state index contributed by atoms with van der Waals surface area (Å²) in [5.41, 5.74) is -0.0795. The second-order valence-electron chi connectivity index (χ2n) is 5.98. The van der Waals surface area contributed by atoms with Crippen LogP contribution in [0.5, 0.6) is 0 Å². The van der Waals surface area contributed by atoms with Gasteiger partial charge in [0.1, 0.15) is 25.1 Å². The highest BCUT2D eigenvalue weighted by molar-refractivity contribution is 5.91. The minimum absolute atomic E-state index is 0.0939. The number of alkyl halides is 3. The average molecular weight is 408 g/mol. The lowest BCUT2D eigenvalue weighted by Gasteiger charge is -2.08. The van der Waals surface area contributed by atoms with Crippen LogP contribution in [0.25, 0.3) is 0 Å². The van der Waals surface area contributed by atoms with Gasteiger partial charge in [-0.05, 0) is 23.8 Å². The first kappa shape index (κ1) is 20.1. The van der Waals surface area contributed by atoms with E-state index in [0.29, 0.717) is 11.3 Å². The Bertz CT molecular complexity index is 1010. The van der Waals surface area contributed by atoms with Gasteiger partial charge in [-0.1, -0.05) is 12.1 Å². The number of nitrogens with one attached hydrogen (secondary N) is 1. The van der Waals surface area contributed by atoms with Crippen molar-refractivity contribution >= 4 is 17.7 Å². The van der Waals surface area contributed by atoms with E-state index in [1.54, 1.807) is 12.3 Å². The highest BCUT2D eigenvalue weighted by Crippen LogP contribution is 2.29. The predicted octanol–water partition coefficient (Wildman–Crippen LogP) is 3.89. The number of hydrogen-bond donors (Lipinski definition) is 1. The Balaban J connectivity index is 1.50. The number of aromatic nitrogens is 3. The molecule has 29 heavy (non-hydrogen) atoms. The molecule has 1 aromatic carbocycles. The third-order valence-corrected chi connectivity index (χ3v) is 3.73. The van der Waals surface area contributed by atoms with Crippen molar-refractivity contribution in [2.45, 2.75) is 26.3 Å². The fourth-order valence-electron chi connectivity index (χ4n) is 2.30. The van der Waals surface area contributed by atoms with Crippen LogP contribution in [0.2, 0.25) is 0 Å². The van der Waals surface area contributed by atoms with Gasteiger partial charge in [0.2, 0.25) is 5.89 Å². The van der Waals surface area contributed by atoms with Gasteiger partial charge in [-0.2, -0.15) is 23.3 Å². The molecule has 3 rings (SSSR count). The number of Topliss-reactive ketones (excluding diaryl/α,β-unsaturated/α-hetero) is 1. The van der Waals surface area contributed by atoms with Crippen molar-refractivity contribution in [1.29, 1.82) is 0 Å². The van der Waals surface area contributed by atoms with Crippen molar-refractivity contribution in [1.82, 2.24) is 14.8 Å². The molecule has 0 radical (unpaired) electrons. The molecule has 1 amide bonds. The molecule has 0 saturated carbocycles. The summed E-state index contributed by atoms with van der Waals surface area (Å²) in [4.78, 5) is 27.1. The van der Waals surface area contributed by atoms with E-state index < -0.39 is 17.8 Å². The van der Waals surface area contributed by atoms with Crippen LogP contribution >= 0.6 is 0 Å². The Labute approximate surface area is 162 Å².